The van der Waals surface area contributed by atoms with Gasteiger partial charge in [0, 0.05) is 36.1 Å². The first kappa shape index (κ1) is 15.0. The number of nitrogens with zero attached hydrogens (tertiary/aromatic N) is 1. The maximum absolute atomic E-state index is 12.3. The zero-order valence-electron chi connectivity index (χ0n) is 11.8. The molecule has 2 heterocycles. The van der Waals surface area contributed by atoms with Crippen molar-refractivity contribution in [1.82, 2.24) is 9.97 Å². The average Bonchev–Trinajstić information content (AvgIpc) is 3.02. The molecule has 0 amide bonds. The highest BCUT2D eigenvalue weighted by atomic mass is 19.3. The van der Waals surface area contributed by atoms with Crippen LogP contribution in [0.1, 0.15) is 10.4 Å². The van der Waals surface area contributed by atoms with Crippen molar-refractivity contribution >= 4 is 16.9 Å². The van der Waals surface area contributed by atoms with E-state index in [9.17, 15) is 13.6 Å². The molecule has 118 valence electrons. The maximum atomic E-state index is 12.3. The summed E-state index contributed by atoms with van der Waals surface area (Å²) >= 11 is 0. The summed E-state index contributed by atoms with van der Waals surface area (Å²) in [5.41, 5.74) is 0.904. The second-order valence-electron chi connectivity index (χ2n) is 4.69. The third-order valence-electron chi connectivity index (χ3n) is 3.08. The first-order valence-electron chi connectivity index (χ1n) is 6.78. The van der Waals surface area contributed by atoms with E-state index in [-0.39, 0.29) is 17.1 Å². The molecule has 7 heteroatoms. The van der Waals surface area contributed by atoms with Gasteiger partial charge in [0.05, 0.1) is 11.1 Å². The number of nitrogens with one attached hydrogen (secondary N) is 1. The molecular weight excluding hydrogens is 306 g/mol. The number of carbonyl (C=O) groups excluding carboxylic acids is 1. The molecular formula is C16H12F2N2O3. The molecule has 0 aliphatic heterocycles. The molecule has 0 fully saturated rings. The highest BCUT2D eigenvalue weighted by Gasteiger charge is 2.14. The Bertz CT molecular complexity index is 819. The van der Waals surface area contributed by atoms with Gasteiger partial charge in [-0.3, -0.25) is 4.98 Å². The van der Waals surface area contributed by atoms with Crippen molar-refractivity contribution in [2.75, 3.05) is 6.61 Å². The number of carbonyl (C=O) groups is 1. The third kappa shape index (κ3) is 3.45. The first-order chi connectivity index (χ1) is 11.1. The molecule has 0 aliphatic carbocycles. The molecule has 0 bridgehead atoms. The molecule has 1 aromatic carbocycles. The Kier molecular flexibility index (Phi) is 4.18. The van der Waals surface area contributed by atoms with Gasteiger partial charge in [-0.15, -0.1) is 0 Å². The van der Waals surface area contributed by atoms with Crippen LogP contribution >= 0.6 is 0 Å². The van der Waals surface area contributed by atoms with Crippen LogP contribution in [0.15, 0.2) is 48.9 Å². The number of benzene rings is 1. The largest absolute Gasteiger partial charge is 0.487 e. The predicted octanol–water partition coefficient (Wildman–Crippen LogP) is 3.43. The Morgan fingerprint density at radius 1 is 1.30 bits per heavy atom. The fourth-order valence-corrected chi connectivity index (χ4v) is 2.08. The summed E-state index contributed by atoms with van der Waals surface area (Å²) in [6.45, 7) is -0.734. The molecule has 2 aromatic heterocycles. The van der Waals surface area contributed by atoms with Gasteiger partial charge < -0.3 is 14.5 Å². The van der Waals surface area contributed by atoms with Gasteiger partial charge in [-0.1, -0.05) is 0 Å². The van der Waals surface area contributed by atoms with Gasteiger partial charge in [0.25, 0.3) is 6.43 Å². The molecule has 3 aromatic rings. The summed E-state index contributed by atoms with van der Waals surface area (Å²) < 4.78 is 34.9. The zero-order valence-corrected chi connectivity index (χ0v) is 11.8. The van der Waals surface area contributed by atoms with Gasteiger partial charge in [-0.05, 0) is 18.2 Å². The van der Waals surface area contributed by atoms with E-state index in [1.807, 2.05) is 0 Å². The Labute approximate surface area is 129 Å². The molecule has 0 saturated carbocycles. The number of hydrogen-bond acceptors (Lipinski definition) is 4. The van der Waals surface area contributed by atoms with Crippen LogP contribution in [0.3, 0.4) is 0 Å². The molecule has 0 spiro atoms. The highest BCUT2D eigenvalue weighted by molar-refractivity contribution is 5.95. The van der Waals surface area contributed by atoms with Crippen LogP contribution in [0, 0.1) is 0 Å². The minimum absolute atomic E-state index is 0.189. The zero-order chi connectivity index (χ0) is 16.2. The monoisotopic (exact) mass is 318 g/mol. The number of ether oxygens (including phenoxy) is 2. The number of pyridine rings is 1. The van der Waals surface area contributed by atoms with E-state index in [1.54, 1.807) is 36.7 Å². The standard InChI is InChI=1S/C16H12F2N2O3/c17-15(18)9-22-11-6-13-12(3-5-20-13)14(7-11)23-16(21)10-2-1-4-19-8-10/h1-8,15,20H,9H2. The lowest BCUT2D eigenvalue weighted by molar-refractivity contribution is 0.0730. The molecule has 0 aliphatic rings. The molecule has 0 radical (unpaired) electrons. The van der Waals surface area contributed by atoms with Crippen molar-refractivity contribution < 1.29 is 23.0 Å². The lowest BCUT2D eigenvalue weighted by atomic mass is 10.2. The normalized spacial score (nSPS) is 10.9. The molecule has 5 nitrogen and oxygen atoms in total. The Hall–Kier alpha value is -2.96. The van der Waals surface area contributed by atoms with Crippen LogP contribution in [-0.2, 0) is 0 Å². The number of esters is 1. The molecule has 1 N–H and O–H groups in total. The second kappa shape index (κ2) is 6.43. The number of H-pyrrole nitrogens is 1. The smallest absolute Gasteiger partial charge is 0.345 e. The first-order valence-corrected chi connectivity index (χ1v) is 6.78. The SMILES string of the molecule is O=C(Oc1cc(OCC(F)F)cc2[nH]ccc12)c1cccnc1. The Morgan fingerprint density at radius 3 is 2.91 bits per heavy atom. The van der Waals surface area contributed by atoms with Crippen molar-refractivity contribution in [2.45, 2.75) is 6.43 Å². The van der Waals surface area contributed by atoms with E-state index in [1.165, 1.54) is 12.3 Å². The summed E-state index contributed by atoms with van der Waals surface area (Å²) in [5.74, 6) is -0.178. The van der Waals surface area contributed by atoms with E-state index in [0.29, 0.717) is 10.9 Å². The summed E-state index contributed by atoms with van der Waals surface area (Å²) in [4.78, 5) is 18.9. The minimum atomic E-state index is -2.59. The second-order valence-corrected chi connectivity index (χ2v) is 4.69. The van der Waals surface area contributed by atoms with Gasteiger partial charge in [0.15, 0.2) is 0 Å². The number of aromatic nitrogens is 2. The van der Waals surface area contributed by atoms with Crippen LogP contribution in [-0.4, -0.2) is 29.0 Å². The molecule has 0 unspecified atom stereocenters. The molecule has 3 rings (SSSR count). The fourth-order valence-electron chi connectivity index (χ4n) is 2.08. The maximum Gasteiger partial charge on any atom is 0.345 e. The van der Waals surface area contributed by atoms with E-state index in [4.69, 9.17) is 9.47 Å². The number of alkyl halides is 2. The van der Waals surface area contributed by atoms with E-state index in [0.717, 1.165) is 0 Å². The lowest BCUT2D eigenvalue weighted by Crippen LogP contribution is -2.10. The fraction of sp³-hybridized carbons (Fsp3) is 0.125. The lowest BCUT2D eigenvalue weighted by Gasteiger charge is -2.10. The highest BCUT2D eigenvalue weighted by Crippen LogP contribution is 2.31. The Morgan fingerprint density at radius 2 is 2.17 bits per heavy atom. The van der Waals surface area contributed by atoms with Crippen molar-refractivity contribution in [3.05, 3.63) is 54.5 Å². The Balaban J connectivity index is 1.89. The van der Waals surface area contributed by atoms with E-state index < -0.39 is 19.0 Å². The van der Waals surface area contributed by atoms with Crippen molar-refractivity contribution in [2.24, 2.45) is 0 Å². The van der Waals surface area contributed by atoms with Crippen molar-refractivity contribution in [3.63, 3.8) is 0 Å². The van der Waals surface area contributed by atoms with Gasteiger partial charge in [0.2, 0.25) is 0 Å². The van der Waals surface area contributed by atoms with Crippen LogP contribution in [0.25, 0.3) is 10.9 Å². The van der Waals surface area contributed by atoms with E-state index in [2.05, 4.69) is 9.97 Å². The minimum Gasteiger partial charge on any atom is -0.487 e. The topological polar surface area (TPSA) is 64.2 Å². The van der Waals surface area contributed by atoms with Crippen LogP contribution in [0.2, 0.25) is 0 Å². The number of halogens is 2. The summed E-state index contributed by atoms with van der Waals surface area (Å²) in [5, 5.41) is 0.645. The van der Waals surface area contributed by atoms with E-state index >= 15 is 0 Å². The number of aromatic amines is 1. The quantitative estimate of drug-likeness (QED) is 0.578. The van der Waals surface area contributed by atoms with Gasteiger partial charge in [-0.25, -0.2) is 13.6 Å². The summed E-state index contributed by atoms with van der Waals surface area (Å²) in [7, 11) is 0. The number of rotatable bonds is 5. The van der Waals surface area contributed by atoms with Gasteiger partial charge >= 0.3 is 5.97 Å². The van der Waals surface area contributed by atoms with Crippen molar-refractivity contribution in [1.29, 1.82) is 0 Å². The molecule has 0 atom stereocenters. The van der Waals surface area contributed by atoms with Crippen molar-refractivity contribution in [3.8, 4) is 11.5 Å². The molecule has 0 saturated heterocycles. The van der Waals surface area contributed by atoms with Crippen LogP contribution in [0.4, 0.5) is 8.78 Å². The third-order valence-corrected chi connectivity index (χ3v) is 3.08. The molecule has 23 heavy (non-hydrogen) atoms. The van der Waals surface area contributed by atoms with Crippen LogP contribution in [0.5, 0.6) is 11.5 Å². The van der Waals surface area contributed by atoms with Gasteiger partial charge in [-0.2, -0.15) is 0 Å². The average molecular weight is 318 g/mol. The predicted molar refractivity (Wildman–Crippen MR) is 79.0 cm³/mol. The number of hydrogen-bond donors (Lipinski definition) is 1. The number of fused-ring (bicyclic) bond motifs is 1. The van der Waals surface area contributed by atoms with Gasteiger partial charge in [0.1, 0.15) is 18.1 Å². The van der Waals surface area contributed by atoms with Crippen LogP contribution < -0.4 is 9.47 Å². The summed E-state index contributed by atoms with van der Waals surface area (Å²) in [6.07, 6.45) is 1.99. The summed E-state index contributed by atoms with van der Waals surface area (Å²) in [6, 6.07) is 7.88.